The number of hydrogen-bond acceptors (Lipinski definition) is 4. The van der Waals surface area contributed by atoms with Crippen molar-refractivity contribution < 1.29 is 14.7 Å². The Morgan fingerprint density at radius 1 is 1.33 bits per heavy atom. The van der Waals surface area contributed by atoms with E-state index in [0.29, 0.717) is 32.1 Å². The summed E-state index contributed by atoms with van der Waals surface area (Å²) >= 11 is 0. The third-order valence-corrected chi connectivity index (χ3v) is 4.53. The van der Waals surface area contributed by atoms with E-state index in [1.807, 2.05) is 13.8 Å². The normalized spacial score (nSPS) is 17.7. The molecule has 0 spiro atoms. The lowest BCUT2D eigenvalue weighted by Gasteiger charge is -2.29. The summed E-state index contributed by atoms with van der Waals surface area (Å²) in [5.41, 5.74) is 4.77. The van der Waals surface area contributed by atoms with Crippen molar-refractivity contribution in [1.82, 2.24) is 5.32 Å². The predicted octanol–water partition coefficient (Wildman–Crippen LogP) is 2.00. The molecule has 0 atom stereocenters. The number of carbonyl (C=O) groups is 1. The van der Waals surface area contributed by atoms with E-state index < -0.39 is 5.41 Å². The van der Waals surface area contributed by atoms with Crippen molar-refractivity contribution in [3.63, 3.8) is 0 Å². The predicted molar refractivity (Wildman–Crippen MR) is 82.3 cm³/mol. The van der Waals surface area contributed by atoms with Crippen LogP contribution in [0.5, 0.6) is 0 Å². The Hall–Kier alpha value is -1.30. The molecule has 0 aliphatic heterocycles. The minimum atomic E-state index is -0.931. The fourth-order valence-electron chi connectivity index (χ4n) is 2.94. The maximum absolute atomic E-state index is 12.3. The zero-order chi connectivity index (χ0) is 15.7. The quantitative estimate of drug-likeness (QED) is 0.210. The van der Waals surface area contributed by atoms with Crippen molar-refractivity contribution in [2.45, 2.75) is 64.9 Å². The van der Waals surface area contributed by atoms with E-state index in [1.54, 1.807) is 0 Å². The van der Waals surface area contributed by atoms with Gasteiger partial charge in [-0.3, -0.25) is 4.79 Å². The maximum Gasteiger partial charge on any atom is 0.234 e. The number of hydrogen-bond donors (Lipinski definition) is 3. The molecule has 0 radical (unpaired) electrons. The molecule has 0 aromatic heterocycles. The van der Waals surface area contributed by atoms with Gasteiger partial charge < -0.3 is 21.0 Å². The lowest BCUT2D eigenvalue weighted by molar-refractivity contribution is -0.128. The van der Waals surface area contributed by atoms with Gasteiger partial charge in [0.25, 0.3) is 0 Å². The van der Waals surface area contributed by atoms with E-state index >= 15 is 0 Å². The van der Waals surface area contributed by atoms with Crippen molar-refractivity contribution in [1.29, 1.82) is 0 Å². The molecule has 0 bridgehead atoms. The van der Waals surface area contributed by atoms with E-state index in [1.165, 1.54) is 19.3 Å². The first-order chi connectivity index (χ1) is 10.1. The molecular weight excluding hydrogens is 270 g/mol. The van der Waals surface area contributed by atoms with Crippen LogP contribution in [0.3, 0.4) is 0 Å². The first-order valence-corrected chi connectivity index (χ1v) is 7.98. The summed E-state index contributed by atoms with van der Waals surface area (Å²) in [7, 11) is 0. The number of rotatable bonds is 8. The summed E-state index contributed by atoms with van der Waals surface area (Å²) in [4.78, 5) is 12.3. The zero-order valence-electron chi connectivity index (χ0n) is 13.2. The molecule has 0 aromatic rings. The summed E-state index contributed by atoms with van der Waals surface area (Å²) in [6.07, 6.45) is 7.32. The third-order valence-electron chi connectivity index (χ3n) is 4.53. The van der Waals surface area contributed by atoms with Crippen molar-refractivity contribution in [3.8, 4) is 0 Å². The molecule has 0 unspecified atom stereocenters. The highest BCUT2D eigenvalue weighted by Crippen LogP contribution is 2.27. The Labute approximate surface area is 127 Å². The van der Waals surface area contributed by atoms with Gasteiger partial charge in [0.1, 0.15) is 5.41 Å². The average molecular weight is 299 g/mol. The van der Waals surface area contributed by atoms with Gasteiger partial charge in [-0.15, -0.1) is 0 Å². The summed E-state index contributed by atoms with van der Waals surface area (Å²) in [5, 5.41) is 14.8. The highest BCUT2D eigenvalue weighted by atomic mass is 16.5. The highest BCUT2D eigenvalue weighted by molar-refractivity contribution is 6.06. The van der Waals surface area contributed by atoms with Gasteiger partial charge in [-0.25, -0.2) is 0 Å². The van der Waals surface area contributed by atoms with Crippen LogP contribution in [0.2, 0.25) is 0 Å². The number of amides is 1. The molecule has 1 fully saturated rings. The highest BCUT2D eigenvalue weighted by Gasteiger charge is 2.39. The Morgan fingerprint density at radius 2 is 1.95 bits per heavy atom. The number of nitrogens with zero attached hydrogens (tertiary/aromatic N) is 1. The van der Waals surface area contributed by atoms with Crippen molar-refractivity contribution in [2.75, 3.05) is 13.2 Å². The molecule has 1 saturated carbocycles. The third kappa shape index (κ3) is 4.59. The molecular formula is C15H29N3O3. The van der Waals surface area contributed by atoms with Crippen molar-refractivity contribution >= 4 is 11.7 Å². The molecule has 4 N–H and O–H groups in total. The molecule has 1 aliphatic rings. The van der Waals surface area contributed by atoms with Gasteiger partial charge in [-0.05, 0) is 25.7 Å². The van der Waals surface area contributed by atoms with Gasteiger partial charge in [0.15, 0.2) is 5.84 Å². The van der Waals surface area contributed by atoms with Crippen LogP contribution < -0.4 is 11.1 Å². The fraction of sp³-hybridized carbons (Fsp3) is 0.867. The van der Waals surface area contributed by atoms with Crippen LogP contribution in [0.1, 0.15) is 58.8 Å². The van der Waals surface area contributed by atoms with Crippen LogP contribution in [0.15, 0.2) is 5.16 Å². The minimum Gasteiger partial charge on any atom is -0.409 e. The first-order valence-electron chi connectivity index (χ1n) is 7.98. The molecule has 1 rings (SSSR count). The number of carbonyl (C=O) groups excluding carboxylic acids is 1. The van der Waals surface area contributed by atoms with Crippen LogP contribution >= 0.6 is 0 Å². The van der Waals surface area contributed by atoms with E-state index in [9.17, 15) is 4.79 Å². The van der Waals surface area contributed by atoms with Crippen LogP contribution in [-0.4, -0.2) is 36.2 Å². The standard InChI is InChI=1S/C15H29N3O3/c1-3-15(4-2,13(16)18-20)14(19)17-10-11-21-12-8-6-5-7-9-12/h12,20H,3-11H2,1-2H3,(H2,16,18)(H,17,19). The molecule has 0 aromatic carbocycles. The van der Waals surface area contributed by atoms with Gasteiger partial charge >= 0.3 is 0 Å². The Balaban J connectivity index is 2.40. The van der Waals surface area contributed by atoms with Crippen molar-refractivity contribution in [3.05, 3.63) is 0 Å². The lowest BCUT2D eigenvalue weighted by atomic mass is 9.80. The summed E-state index contributed by atoms with van der Waals surface area (Å²) in [5.74, 6) is -0.228. The Kier molecular flexibility index (Phi) is 7.50. The number of oxime groups is 1. The maximum atomic E-state index is 12.3. The Morgan fingerprint density at radius 3 is 2.48 bits per heavy atom. The second kappa shape index (κ2) is 8.87. The molecule has 6 heteroatoms. The van der Waals surface area contributed by atoms with Gasteiger partial charge in [0.2, 0.25) is 5.91 Å². The number of nitrogens with two attached hydrogens (primary N) is 1. The smallest absolute Gasteiger partial charge is 0.234 e. The topological polar surface area (TPSA) is 96.9 Å². The first kappa shape index (κ1) is 17.8. The van der Waals surface area contributed by atoms with Crippen LogP contribution in [-0.2, 0) is 9.53 Å². The summed E-state index contributed by atoms with van der Waals surface area (Å²) in [6.45, 7) is 4.69. The van der Waals surface area contributed by atoms with E-state index in [2.05, 4.69) is 10.5 Å². The van der Waals surface area contributed by atoms with Gasteiger partial charge in [0, 0.05) is 6.54 Å². The van der Waals surface area contributed by atoms with Crippen LogP contribution in [0.4, 0.5) is 0 Å². The largest absolute Gasteiger partial charge is 0.409 e. The molecule has 1 aliphatic carbocycles. The zero-order valence-corrected chi connectivity index (χ0v) is 13.2. The monoisotopic (exact) mass is 299 g/mol. The van der Waals surface area contributed by atoms with Gasteiger partial charge in [0.05, 0.1) is 12.7 Å². The second-order valence-corrected chi connectivity index (χ2v) is 5.66. The van der Waals surface area contributed by atoms with Crippen LogP contribution in [0, 0.1) is 5.41 Å². The molecule has 0 heterocycles. The summed E-state index contributed by atoms with van der Waals surface area (Å²) in [6, 6.07) is 0. The average Bonchev–Trinajstić information content (AvgIpc) is 2.54. The van der Waals surface area contributed by atoms with Crippen molar-refractivity contribution in [2.24, 2.45) is 16.3 Å². The molecule has 21 heavy (non-hydrogen) atoms. The number of amidine groups is 1. The second-order valence-electron chi connectivity index (χ2n) is 5.66. The van der Waals surface area contributed by atoms with Gasteiger partial charge in [-0.1, -0.05) is 38.3 Å². The summed E-state index contributed by atoms with van der Waals surface area (Å²) < 4.78 is 5.77. The van der Waals surface area contributed by atoms with E-state index in [-0.39, 0.29) is 11.7 Å². The van der Waals surface area contributed by atoms with E-state index in [0.717, 1.165) is 12.8 Å². The molecule has 122 valence electrons. The molecule has 0 saturated heterocycles. The van der Waals surface area contributed by atoms with Crippen LogP contribution in [0.25, 0.3) is 0 Å². The van der Waals surface area contributed by atoms with E-state index in [4.69, 9.17) is 15.7 Å². The number of nitrogens with one attached hydrogen (secondary N) is 1. The molecule has 6 nitrogen and oxygen atoms in total. The SMILES string of the molecule is CCC(CC)(C(=O)NCCOC1CCCCC1)C(N)=NO. The molecule has 1 amide bonds. The Bertz CT molecular complexity index is 348. The lowest BCUT2D eigenvalue weighted by Crippen LogP contribution is -2.50. The minimum absolute atomic E-state index is 0.0294. The number of ether oxygens (including phenoxy) is 1. The van der Waals surface area contributed by atoms with Gasteiger partial charge in [-0.2, -0.15) is 0 Å². The fourth-order valence-corrected chi connectivity index (χ4v) is 2.94.